The molecule has 0 aliphatic carbocycles. The van der Waals surface area contributed by atoms with Crippen molar-refractivity contribution in [2.24, 2.45) is 7.05 Å². The highest BCUT2D eigenvalue weighted by molar-refractivity contribution is 5.96. The lowest BCUT2D eigenvalue weighted by Gasteiger charge is -2.11. The smallest absolute Gasteiger partial charge is 0.416 e. The Balaban J connectivity index is 1.39. The SMILES string of the molecule is CCCc1nc2ccc(-c3nc4cc(C(F)(F)F)ccc4n3C)cc2n1Cc1ccc(-c2ccccc2C(=O)O)cc1. The number of carbonyl (C=O) groups is 1. The first-order chi connectivity index (χ1) is 20.1. The number of hydrogen-bond donors (Lipinski definition) is 1. The molecule has 0 bridgehead atoms. The Morgan fingerprint density at radius 3 is 2.31 bits per heavy atom. The van der Waals surface area contributed by atoms with E-state index in [-0.39, 0.29) is 11.1 Å². The van der Waals surface area contributed by atoms with Gasteiger partial charge in [-0.3, -0.25) is 0 Å². The number of imidazole rings is 2. The fraction of sp³-hybridized carbons (Fsp3) is 0.182. The van der Waals surface area contributed by atoms with Crippen LogP contribution >= 0.6 is 0 Å². The highest BCUT2D eigenvalue weighted by atomic mass is 19.4. The van der Waals surface area contributed by atoms with Crippen LogP contribution in [0.2, 0.25) is 0 Å². The van der Waals surface area contributed by atoms with Crippen LogP contribution in [0.4, 0.5) is 13.2 Å². The molecule has 0 saturated carbocycles. The second-order valence-electron chi connectivity index (χ2n) is 10.3. The largest absolute Gasteiger partial charge is 0.478 e. The van der Waals surface area contributed by atoms with Gasteiger partial charge in [0.1, 0.15) is 11.6 Å². The Bertz CT molecular complexity index is 1950. The molecular weight excluding hydrogens is 541 g/mol. The number of aromatic nitrogens is 4. The van der Waals surface area contributed by atoms with Crippen molar-refractivity contribution in [1.29, 1.82) is 0 Å². The Labute approximate surface area is 239 Å². The lowest BCUT2D eigenvalue weighted by molar-refractivity contribution is -0.137. The van der Waals surface area contributed by atoms with Crippen molar-refractivity contribution in [1.82, 2.24) is 19.1 Å². The van der Waals surface area contributed by atoms with Crippen molar-refractivity contribution in [2.75, 3.05) is 0 Å². The third-order valence-corrected chi connectivity index (χ3v) is 7.53. The van der Waals surface area contributed by atoms with Crippen molar-refractivity contribution < 1.29 is 23.1 Å². The van der Waals surface area contributed by atoms with Crippen LogP contribution in [0.25, 0.3) is 44.6 Å². The quantitative estimate of drug-likeness (QED) is 0.212. The topological polar surface area (TPSA) is 72.9 Å². The zero-order valence-corrected chi connectivity index (χ0v) is 23.0. The average Bonchev–Trinajstić information content (AvgIpc) is 3.49. The number of benzene rings is 4. The van der Waals surface area contributed by atoms with E-state index in [1.165, 1.54) is 6.07 Å². The zero-order chi connectivity index (χ0) is 29.6. The van der Waals surface area contributed by atoms with Gasteiger partial charge >= 0.3 is 12.1 Å². The molecular formula is C33H27F3N4O2. The summed E-state index contributed by atoms with van der Waals surface area (Å²) < 4.78 is 43.9. The number of hydrogen-bond acceptors (Lipinski definition) is 3. The molecule has 0 unspecified atom stereocenters. The molecule has 9 heteroatoms. The van der Waals surface area contributed by atoms with E-state index in [0.717, 1.165) is 58.5 Å². The molecule has 0 atom stereocenters. The van der Waals surface area contributed by atoms with Crippen LogP contribution in [0.3, 0.4) is 0 Å². The van der Waals surface area contributed by atoms with Gasteiger partial charge in [-0.15, -0.1) is 0 Å². The van der Waals surface area contributed by atoms with E-state index < -0.39 is 17.7 Å². The monoisotopic (exact) mass is 568 g/mol. The highest BCUT2D eigenvalue weighted by Crippen LogP contribution is 2.34. The number of nitrogens with zero attached hydrogens (tertiary/aromatic N) is 4. The number of carboxylic acid groups (broad SMARTS) is 1. The van der Waals surface area contributed by atoms with Crippen LogP contribution in [0.15, 0.2) is 84.9 Å². The molecule has 0 amide bonds. The van der Waals surface area contributed by atoms with E-state index in [0.29, 0.717) is 23.4 Å². The number of halogens is 3. The Morgan fingerprint density at radius 1 is 0.857 bits per heavy atom. The molecule has 6 aromatic rings. The van der Waals surface area contributed by atoms with Gasteiger partial charge in [-0.25, -0.2) is 14.8 Å². The molecule has 0 spiro atoms. The Morgan fingerprint density at radius 2 is 1.60 bits per heavy atom. The summed E-state index contributed by atoms with van der Waals surface area (Å²) in [6.07, 6.45) is -2.75. The Hall–Kier alpha value is -4.92. The van der Waals surface area contributed by atoms with Crippen LogP contribution in [-0.4, -0.2) is 30.2 Å². The summed E-state index contributed by atoms with van der Waals surface area (Å²) in [5, 5.41) is 9.58. The molecule has 0 saturated heterocycles. The maximum absolute atomic E-state index is 13.3. The number of fused-ring (bicyclic) bond motifs is 2. The third kappa shape index (κ3) is 4.91. The van der Waals surface area contributed by atoms with E-state index in [9.17, 15) is 23.1 Å². The van der Waals surface area contributed by atoms with Gasteiger partial charge in [0.25, 0.3) is 0 Å². The molecule has 6 rings (SSSR count). The van der Waals surface area contributed by atoms with Gasteiger partial charge in [0, 0.05) is 25.6 Å². The van der Waals surface area contributed by atoms with Crippen molar-refractivity contribution in [3.63, 3.8) is 0 Å². The van der Waals surface area contributed by atoms with Crippen LogP contribution < -0.4 is 0 Å². The Kier molecular flexibility index (Phi) is 6.80. The lowest BCUT2D eigenvalue weighted by Crippen LogP contribution is -2.05. The third-order valence-electron chi connectivity index (χ3n) is 7.53. The van der Waals surface area contributed by atoms with E-state index >= 15 is 0 Å². The molecule has 0 aliphatic rings. The van der Waals surface area contributed by atoms with E-state index in [1.807, 2.05) is 48.5 Å². The van der Waals surface area contributed by atoms with Gasteiger partial charge in [-0.1, -0.05) is 49.4 Å². The number of carboxylic acids is 1. The normalized spacial score (nSPS) is 11.9. The first-order valence-electron chi connectivity index (χ1n) is 13.6. The summed E-state index contributed by atoms with van der Waals surface area (Å²) in [7, 11) is 1.80. The number of aryl methyl sites for hydroxylation is 2. The van der Waals surface area contributed by atoms with Crippen LogP contribution in [0.1, 0.15) is 40.7 Å². The minimum atomic E-state index is -4.44. The summed E-state index contributed by atoms with van der Waals surface area (Å²) in [6.45, 7) is 2.64. The fourth-order valence-electron chi connectivity index (χ4n) is 5.43. The van der Waals surface area contributed by atoms with Crippen LogP contribution in [0, 0.1) is 0 Å². The van der Waals surface area contributed by atoms with Crippen LogP contribution in [0.5, 0.6) is 0 Å². The summed E-state index contributed by atoms with van der Waals surface area (Å²) in [6, 6.07) is 24.2. The maximum Gasteiger partial charge on any atom is 0.416 e. The minimum absolute atomic E-state index is 0.250. The van der Waals surface area contributed by atoms with Crippen molar-refractivity contribution in [3.8, 4) is 22.5 Å². The molecule has 0 fully saturated rings. The van der Waals surface area contributed by atoms with Gasteiger partial charge in [-0.2, -0.15) is 13.2 Å². The molecule has 42 heavy (non-hydrogen) atoms. The summed E-state index contributed by atoms with van der Waals surface area (Å²) >= 11 is 0. The molecule has 2 aromatic heterocycles. The predicted molar refractivity (Wildman–Crippen MR) is 156 cm³/mol. The minimum Gasteiger partial charge on any atom is -0.478 e. The zero-order valence-electron chi connectivity index (χ0n) is 23.0. The van der Waals surface area contributed by atoms with Crippen molar-refractivity contribution in [2.45, 2.75) is 32.5 Å². The molecule has 1 N–H and O–H groups in total. The molecule has 2 heterocycles. The van der Waals surface area contributed by atoms with Gasteiger partial charge < -0.3 is 14.2 Å². The standard InChI is InChI=1S/C33H27F3N4O2/c1-3-6-30-37-26-15-13-22(31-38-27-18-23(33(34,35)36)14-16-28(27)39(31)2)17-29(26)40(30)19-20-9-11-21(12-10-20)24-7-4-5-8-25(24)32(41)42/h4-5,7-18H,3,6,19H2,1-2H3,(H,41,42). The summed E-state index contributed by atoms with van der Waals surface area (Å²) in [4.78, 5) is 21.1. The van der Waals surface area contributed by atoms with E-state index in [1.54, 1.807) is 29.8 Å². The van der Waals surface area contributed by atoms with Gasteiger partial charge in [0.2, 0.25) is 0 Å². The van der Waals surface area contributed by atoms with Gasteiger partial charge in [0.15, 0.2) is 0 Å². The second-order valence-corrected chi connectivity index (χ2v) is 10.3. The van der Waals surface area contributed by atoms with Crippen molar-refractivity contribution in [3.05, 3.63) is 107 Å². The van der Waals surface area contributed by atoms with Gasteiger partial charge in [0.05, 0.1) is 33.2 Å². The average molecular weight is 569 g/mol. The lowest BCUT2D eigenvalue weighted by atomic mass is 9.99. The summed E-state index contributed by atoms with van der Waals surface area (Å²) in [5.41, 5.74) is 5.43. The first kappa shape index (κ1) is 27.3. The number of rotatable bonds is 7. The van der Waals surface area contributed by atoms with E-state index in [2.05, 4.69) is 16.5 Å². The molecule has 4 aromatic carbocycles. The highest BCUT2D eigenvalue weighted by Gasteiger charge is 2.31. The van der Waals surface area contributed by atoms with E-state index in [4.69, 9.17) is 4.98 Å². The second kappa shape index (κ2) is 10.5. The molecule has 0 radical (unpaired) electrons. The summed E-state index contributed by atoms with van der Waals surface area (Å²) in [5.74, 6) is 0.531. The van der Waals surface area contributed by atoms with Crippen molar-refractivity contribution >= 4 is 28.0 Å². The first-order valence-corrected chi connectivity index (χ1v) is 13.6. The van der Waals surface area contributed by atoms with Crippen LogP contribution in [-0.2, 0) is 26.2 Å². The molecule has 6 nitrogen and oxygen atoms in total. The fourth-order valence-corrected chi connectivity index (χ4v) is 5.43. The molecule has 0 aliphatic heterocycles. The molecule has 212 valence electrons. The van der Waals surface area contributed by atoms with Gasteiger partial charge in [-0.05, 0) is 65.6 Å². The predicted octanol–water partition coefficient (Wildman–Crippen LogP) is 7.97. The number of alkyl halides is 3. The number of aromatic carboxylic acids is 1. The maximum atomic E-state index is 13.3.